The van der Waals surface area contributed by atoms with E-state index in [-0.39, 0.29) is 30.1 Å². The van der Waals surface area contributed by atoms with Crippen LogP contribution in [-0.2, 0) is 9.63 Å². The highest BCUT2D eigenvalue weighted by Crippen LogP contribution is 2.53. The zero-order chi connectivity index (χ0) is 24.5. The minimum atomic E-state index is -0.734. The van der Waals surface area contributed by atoms with Gasteiger partial charge in [0, 0.05) is 25.3 Å². The van der Waals surface area contributed by atoms with Crippen LogP contribution in [0.5, 0.6) is 0 Å². The summed E-state index contributed by atoms with van der Waals surface area (Å²) in [4.78, 5) is 34.6. The van der Waals surface area contributed by atoms with Crippen LogP contribution in [0.2, 0.25) is 10.0 Å². The second-order valence-electron chi connectivity index (χ2n) is 9.53. The van der Waals surface area contributed by atoms with Gasteiger partial charge in [-0.15, -0.1) is 5.06 Å². The summed E-state index contributed by atoms with van der Waals surface area (Å²) in [5.74, 6) is -0.205. The minimum absolute atomic E-state index is 0.141. The third kappa shape index (κ3) is 5.61. The molecule has 4 rings (SSSR count). The Morgan fingerprint density at radius 2 is 2.00 bits per heavy atom. The van der Waals surface area contributed by atoms with Crippen LogP contribution < -0.4 is 5.32 Å². The first-order valence-electron chi connectivity index (χ1n) is 11.7. The number of aliphatic hydroxyl groups is 2. The number of likely N-dealkylation sites (tertiary alicyclic amines) is 1. The molecule has 0 bridgehead atoms. The van der Waals surface area contributed by atoms with Crippen molar-refractivity contribution in [2.24, 2.45) is 5.41 Å². The highest BCUT2D eigenvalue weighted by atomic mass is 35.5. The van der Waals surface area contributed by atoms with Crippen molar-refractivity contribution in [2.45, 2.75) is 50.8 Å². The first-order chi connectivity index (χ1) is 16.2. The van der Waals surface area contributed by atoms with E-state index < -0.39 is 12.1 Å². The van der Waals surface area contributed by atoms with Crippen LogP contribution in [0.1, 0.15) is 32.6 Å². The number of β-amino-alcohol motifs (C(OH)–C–C–N with tert-alkyl or cyclic N) is 1. The van der Waals surface area contributed by atoms with Crippen LogP contribution in [0.4, 0.5) is 10.5 Å². The molecule has 1 spiro atoms. The van der Waals surface area contributed by atoms with Crippen LogP contribution in [0.15, 0.2) is 18.2 Å². The molecule has 0 unspecified atom stereocenters. The average Bonchev–Trinajstić information content (AvgIpc) is 3.59. The molecule has 34 heavy (non-hydrogen) atoms. The number of hydroxylamine groups is 2. The van der Waals surface area contributed by atoms with Gasteiger partial charge in [0.1, 0.15) is 6.04 Å². The van der Waals surface area contributed by atoms with Crippen LogP contribution >= 0.6 is 23.2 Å². The molecule has 9 nitrogen and oxygen atoms in total. The molecule has 3 N–H and O–H groups in total. The number of aliphatic hydroxyl groups excluding tert-OH is 2. The Kier molecular flexibility index (Phi) is 7.91. The van der Waals surface area contributed by atoms with Gasteiger partial charge in [-0.2, -0.15) is 0 Å². The lowest BCUT2D eigenvalue weighted by molar-refractivity contribution is -0.179. The second kappa shape index (κ2) is 10.6. The summed E-state index contributed by atoms with van der Waals surface area (Å²) >= 11 is 11.9. The van der Waals surface area contributed by atoms with Crippen LogP contribution in [0, 0.1) is 5.41 Å². The quantitative estimate of drug-likeness (QED) is 0.513. The van der Waals surface area contributed by atoms with Gasteiger partial charge in [-0.1, -0.05) is 23.2 Å². The van der Waals surface area contributed by atoms with Crippen LogP contribution in [-0.4, -0.2) is 94.6 Å². The van der Waals surface area contributed by atoms with E-state index in [0.29, 0.717) is 48.3 Å². The maximum Gasteiger partial charge on any atom is 0.430 e. The van der Waals surface area contributed by atoms with Gasteiger partial charge in [0.15, 0.2) is 0 Å². The summed E-state index contributed by atoms with van der Waals surface area (Å²) in [5.41, 5.74) is 0.577. The van der Waals surface area contributed by atoms with Gasteiger partial charge in [-0.25, -0.2) is 4.79 Å². The van der Waals surface area contributed by atoms with Crippen LogP contribution in [0.3, 0.4) is 0 Å². The van der Waals surface area contributed by atoms with Crippen molar-refractivity contribution in [1.82, 2.24) is 14.9 Å². The monoisotopic (exact) mass is 514 g/mol. The summed E-state index contributed by atoms with van der Waals surface area (Å²) in [6.07, 6.45) is 2.84. The van der Waals surface area contributed by atoms with Crippen molar-refractivity contribution in [2.75, 3.05) is 44.6 Å². The molecule has 0 aromatic heterocycles. The standard InChI is InChI=1S/C23H32Cl2N4O5/c1-15-21(32)28(17(14-30)4-8-27-9-7-23(5-6-23)20(31)13-27)10-11-29(15)34-22(33)26-16-2-3-18(24)19(25)12-16/h2-3,12,15,17,20,30-31H,4-11,13-14H2,1H3,(H,26,33)/t15-,17-,20+/m0/s1. The Hall–Kier alpha value is -1.62. The van der Waals surface area contributed by atoms with Crippen molar-refractivity contribution in [3.05, 3.63) is 28.2 Å². The van der Waals surface area contributed by atoms with E-state index in [2.05, 4.69) is 10.2 Å². The molecule has 3 atom stereocenters. The lowest BCUT2D eigenvalue weighted by Gasteiger charge is -2.42. The second-order valence-corrected chi connectivity index (χ2v) is 10.3. The molecule has 1 saturated carbocycles. The van der Waals surface area contributed by atoms with E-state index in [9.17, 15) is 19.8 Å². The van der Waals surface area contributed by atoms with Crippen molar-refractivity contribution in [3.63, 3.8) is 0 Å². The van der Waals surface area contributed by atoms with E-state index in [1.807, 2.05) is 0 Å². The summed E-state index contributed by atoms with van der Waals surface area (Å²) in [5, 5.41) is 25.0. The molecule has 2 aliphatic heterocycles. The molecule has 2 saturated heterocycles. The Morgan fingerprint density at radius 3 is 2.65 bits per heavy atom. The molecule has 1 aromatic rings. The molecule has 1 aliphatic carbocycles. The van der Waals surface area contributed by atoms with Gasteiger partial charge in [-0.05, 0) is 62.8 Å². The molecule has 2 heterocycles. The molecule has 0 radical (unpaired) electrons. The van der Waals surface area contributed by atoms with E-state index >= 15 is 0 Å². The van der Waals surface area contributed by atoms with Crippen LogP contribution in [0.25, 0.3) is 0 Å². The number of anilines is 1. The molecule has 1 aromatic carbocycles. The third-order valence-electron chi connectivity index (χ3n) is 7.39. The summed E-state index contributed by atoms with van der Waals surface area (Å²) in [6, 6.07) is 3.66. The average molecular weight is 515 g/mol. The van der Waals surface area contributed by atoms with Gasteiger partial charge < -0.3 is 24.9 Å². The number of rotatable bonds is 7. The van der Waals surface area contributed by atoms with Gasteiger partial charge >= 0.3 is 6.09 Å². The number of piperidine rings is 1. The third-order valence-corrected chi connectivity index (χ3v) is 8.13. The number of carbonyl (C=O) groups excluding carboxylic acids is 2. The summed E-state index contributed by atoms with van der Waals surface area (Å²) in [6.45, 7) is 4.49. The molecule has 2 amide bonds. The van der Waals surface area contributed by atoms with Gasteiger partial charge in [-0.3, -0.25) is 10.1 Å². The molecule has 3 fully saturated rings. The zero-order valence-corrected chi connectivity index (χ0v) is 20.8. The number of nitrogens with zero attached hydrogens (tertiary/aromatic N) is 3. The van der Waals surface area contributed by atoms with E-state index in [0.717, 1.165) is 25.8 Å². The maximum atomic E-state index is 13.0. The fourth-order valence-electron chi connectivity index (χ4n) is 4.88. The Bertz CT molecular complexity index is 915. The largest absolute Gasteiger partial charge is 0.430 e. The van der Waals surface area contributed by atoms with E-state index in [1.165, 1.54) is 11.1 Å². The highest BCUT2D eigenvalue weighted by Gasteiger charge is 2.51. The van der Waals surface area contributed by atoms with Crippen molar-refractivity contribution < 1.29 is 24.6 Å². The van der Waals surface area contributed by atoms with Crippen molar-refractivity contribution in [1.29, 1.82) is 0 Å². The first kappa shape index (κ1) is 25.5. The predicted octanol–water partition coefficient (Wildman–Crippen LogP) is 2.59. The lowest BCUT2D eigenvalue weighted by Crippen LogP contribution is -2.60. The summed E-state index contributed by atoms with van der Waals surface area (Å²) < 4.78 is 0. The number of amides is 2. The maximum absolute atomic E-state index is 13.0. The molecule has 11 heteroatoms. The number of benzene rings is 1. The minimum Gasteiger partial charge on any atom is -0.394 e. The normalized spacial score (nSPS) is 25.9. The number of halogens is 2. The van der Waals surface area contributed by atoms with Gasteiger partial charge in [0.2, 0.25) is 5.91 Å². The van der Waals surface area contributed by atoms with Gasteiger partial charge in [0.25, 0.3) is 0 Å². The highest BCUT2D eigenvalue weighted by molar-refractivity contribution is 6.42. The Labute approximate surface area is 209 Å². The SMILES string of the molecule is C[C@H]1C(=O)N([C@H](CO)CCN2CCC3(CC3)[C@H](O)C2)CCN1OC(=O)Nc1ccc(Cl)c(Cl)c1. The summed E-state index contributed by atoms with van der Waals surface area (Å²) in [7, 11) is 0. The molecular weight excluding hydrogens is 483 g/mol. The molecule has 3 aliphatic rings. The molecule has 188 valence electrons. The number of hydrogen-bond acceptors (Lipinski definition) is 7. The predicted molar refractivity (Wildman–Crippen MR) is 129 cm³/mol. The first-order valence-corrected chi connectivity index (χ1v) is 12.5. The topological polar surface area (TPSA) is 106 Å². The smallest absolute Gasteiger partial charge is 0.394 e. The Balaban J connectivity index is 1.26. The fourth-order valence-corrected chi connectivity index (χ4v) is 5.18. The number of carbonyl (C=O) groups is 2. The van der Waals surface area contributed by atoms with E-state index in [4.69, 9.17) is 28.0 Å². The number of nitrogens with one attached hydrogen (secondary N) is 1. The number of hydrogen-bond donors (Lipinski definition) is 3. The van der Waals surface area contributed by atoms with Crippen molar-refractivity contribution in [3.8, 4) is 0 Å². The zero-order valence-electron chi connectivity index (χ0n) is 19.3. The van der Waals surface area contributed by atoms with Crippen molar-refractivity contribution >= 4 is 40.9 Å². The lowest BCUT2D eigenvalue weighted by atomic mass is 9.90. The Morgan fingerprint density at radius 1 is 1.24 bits per heavy atom. The van der Waals surface area contributed by atoms with E-state index in [1.54, 1.807) is 24.0 Å². The number of piperazine rings is 1. The fraction of sp³-hybridized carbons (Fsp3) is 0.652. The molecular formula is C23H32Cl2N4O5. The van der Waals surface area contributed by atoms with Gasteiger partial charge in [0.05, 0.1) is 35.3 Å².